The number of likely N-dealkylation sites (tertiary alicyclic amines) is 1. The van der Waals surface area contributed by atoms with Crippen LogP contribution in [0.5, 0.6) is 11.5 Å². The number of nitrogens with one attached hydrogen (secondary N) is 1. The zero-order valence-corrected chi connectivity index (χ0v) is 15.4. The summed E-state index contributed by atoms with van der Waals surface area (Å²) < 4.78 is 16.0. The van der Waals surface area contributed by atoms with Crippen LogP contribution in [0.2, 0.25) is 0 Å². The molecule has 0 aromatic heterocycles. The van der Waals surface area contributed by atoms with Gasteiger partial charge in [-0.25, -0.2) is 4.79 Å². The summed E-state index contributed by atoms with van der Waals surface area (Å²) in [6.45, 7) is 9.01. The Morgan fingerprint density at radius 2 is 1.92 bits per heavy atom. The minimum atomic E-state index is -0.459. The minimum Gasteiger partial charge on any atom is -0.497 e. The van der Waals surface area contributed by atoms with Gasteiger partial charge < -0.3 is 24.4 Å². The molecular formula is C18H28N2O4. The lowest BCUT2D eigenvalue weighted by atomic mass is 10.0. The van der Waals surface area contributed by atoms with Crippen molar-refractivity contribution in [1.82, 2.24) is 10.2 Å². The predicted octanol–water partition coefficient (Wildman–Crippen LogP) is 2.97. The van der Waals surface area contributed by atoms with E-state index in [2.05, 4.69) is 12.2 Å². The summed E-state index contributed by atoms with van der Waals surface area (Å²) >= 11 is 0. The third kappa shape index (κ3) is 4.54. The highest BCUT2D eigenvalue weighted by Gasteiger charge is 2.34. The molecule has 1 N–H and O–H groups in total. The number of carbonyl (C=O) groups excluding carboxylic acids is 1. The first-order valence-corrected chi connectivity index (χ1v) is 8.19. The molecule has 1 atom stereocenters. The van der Waals surface area contributed by atoms with Crippen LogP contribution in [0, 0.1) is 0 Å². The first-order valence-electron chi connectivity index (χ1n) is 8.19. The zero-order chi connectivity index (χ0) is 17.9. The second kappa shape index (κ2) is 7.30. The Labute approximate surface area is 144 Å². The summed E-state index contributed by atoms with van der Waals surface area (Å²) in [5.41, 5.74) is 0.605. The molecule has 1 amide bonds. The fourth-order valence-corrected chi connectivity index (χ4v) is 2.68. The molecule has 0 spiro atoms. The van der Waals surface area contributed by atoms with E-state index in [1.165, 1.54) is 0 Å². The molecule has 2 rings (SSSR count). The number of ether oxygens (including phenoxy) is 3. The highest BCUT2D eigenvalue weighted by molar-refractivity contribution is 5.69. The van der Waals surface area contributed by atoms with Crippen LogP contribution in [-0.2, 0) is 4.74 Å². The van der Waals surface area contributed by atoms with Crippen LogP contribution < -0.4 is 14.8 Å². The van der Waals surface area contributed by atoms with E-state index in [1.807, 2.05) is 39.0 Å². The average Bonchev–Trinajstić information content (AvgIpc) is 2.47. The number of rotatable bonds is 5. The molecule has 24 heavy (non-hydrogen) atoms. The van der Waals surface area contributed by atoms with Crippen molar-refractivity contribution in [3.8, 4) is 11.5 Å². The van der Waals surface area contributed by atoms with Crippen LogP contribution >= 0.6 is 0 Å². The van der Waals surface area contributed by atoms with E-state index in [0.29, 0.717) is 13.1 Å². The molecule has 0 radical (unpaired) electrons. The van der Waals surface area contributed by atoms with Gasteiger partial charge in [0, 0.05) is 36.8 Å². The standard InChI is InChI=1S/C18H28N2O4/c1-12(15-8-7-14(22-5)9-16(15)23-6)19-13-10-20(11-13)17(21)24-18(2,3)4/h7-9,12-13,19H,10-11H2,1-6H3. The van der Waals surface area contributed by atoms with Crippen molar-refractivity contribution in [1.29, 1.82) is 0 Å². The Hall–Kier alpha value is -1.95. The van der Waals surface area contributed by atoms with E-state index in [-0.39, 0.29) is 18.2 Å². The number of nitrogens with zero attached hydrogens (tertiary/aromatic N) is 1. The molecule has 1 aliphatic heterocycles. The zero-order valence-electron chi connectivity index (χ0n) is 15.4. The van der Waals surface area contributed by atoms with Gasteiger partial charge in [-0.15, -0.1) is 0 Å². The maximum absolute atomic E-state index is 12.0. The summed E-state index contributed by atoms with van der Waals surface area (Å²) in [6, 6.07) is 6.15. The number of hydrogen-bond donors (Lipinski definition) is 1. The lowest BCUT2D eigenvalue weighted by Gasteiger charge is -2.41. The van der Waals surface area contributed by atoms with Crippen molar-refractivity contribution in [2.24, 2.45) is 0 Å². The largest absolute Gasteiger partial charge is 0.497 e. The van der Waals surface area contributed by atoms with E-state index in [0.717, 1.165) is 17.1 Å². The Balaban J connectivity index is 1.89. The molecule has 0 bridgehead atoms. The molecule has 1 aromatic rings. The third-order valence-corrected chi connectivity index (χ3v) is 3.93. The first kappa shape index (κ1) is 18.4. The summed E-state index contributed by atoms with van der Waals surface area (Å²) in [5.74, 6) is 1.56. The summed E-state index contributed by atoms with van der Waals surface area (Å²) in [7, 11) is 3.29. The van der Waals surface area contributed by atoms with Gasteiger partial charge in [0.2, 0.25) is 0 Å². The van der Waals surface area contributed by atoms with Gasteiger partial charge in [-0.05, 0) is 33.8 Å². The van der Waals surface area contributed by atoms with Crippen LogP contribution in [0.3, 0.4) is 0 Å². The quantitative estimate of drug-likeness (QED) is 0.896. The lowest BCUT2D eigenvalue weighted by molar-refractivity contribution is 0.00431. The number of hydrogen-bond acceptors (Lipinski definition) is 5. The molecular weight excluding hydrogens is 308 g/mol. The van der Waals surface area contributed by atoms with E-state index in [9.17, 15) is 4.79 Å². The van der Waals surface area contributed by atoms with Crippen LogP contribution in [-0.4, -0.2) is 49.9 Å². The molecule has 1 unspecified atom stereocenters. The molecule has 1 saturated heterocycles. The number of methoxy groups -OCH3 is 2. The normalized spacial score (nSPS) is 16.3. The summed E-state index contributed by atoms with van der Waals surface area (Å²) in [5, 5.41) is 3.52. The molecule has 6 heteroatoms. The van der Waals surface area contributed by atoms with Crippen LogP contribution in [0.15, 0.2) is 18.2 Å². The molecule has 1 aromatic carbocycles. The van der Waals surface area contributed by atoms with Crippen molar-refractivity contribution >= 4 is 6.09 Å². The minimum absolute atomic E-state index is 0.108. The van der Waals surface area contributed by atoms with Crippen LogP contribution in [0.4, 0.5) is 4.79 Å². The molecule has 6 nitrogen and oxygen atoms in total. The fourth-order valence-electron chi connectivity index (χ4n) is 2.68. The monoisotopic (exact) mass is 336 g/mol. The second-order valence-corrected chi connectivity index (χ2v) is 7.08. The molecule has 1 fully saturated rings. The van der Waals surface area contributed by atoms with Crippen molar-refractivity contribution in [3.63, 3.8) is 0 Å². The highest BCUT2D eigenvalue weighted by Crippen LogP contribution is 2.30. The Morgan fingerprint density at radius 3 is 2.46 bits per heavy atom. The summed E-state index contributed by atoms with van der Waals surface area (Å²) in [6.07, 6.45) is -0.254. The smallest absolute Gasteiger partial charge is 0.410 e. The van der Waals surface area contributed by atoms with E-state index in [4.69, 9.17) is 14.2 Å². The topological polar surface area (TPSA) is 60.0 Å². The Morgan fingerprint density at radius 1 is 1.25 bits per heavy atom. The van der Waals surface area contributed by atoms with E-state index in [1.54, 1.807) is 19.1 Å². The van der Waals surface area contributed by atoms with Gasteiger partial charge in [-0.2, -0.15) is 0 Å². The molecule has 1 heterocycles. The van der Waals surface area contributed by atoms with Gasteiger partial charge in [-0.1, -0.05) is 6.07 Å². The van der Waals surface area contributed by atoms with Crippen LogP contribution in [0.25, 0.3) is 0 Å². The predicted molar refractivity (Wildman–Crippen MR) is 92.7 cm³/mol. The van der Waals surface area contributed by atoms with Crippen LogP contribution in [0.1, 0.15) is 39.3 Å². The van der Waals surface area contributed by atoms with Crippen molar-refractivity contribution < 1.29 is 19.0 Å². The maximum Gasteiger partial charge on any atom is 0.410 e. The molecule has 134 valence electrons. The second-order valence-electron chi connectivity index (χ2n) is 7.08. The number of benzene rings is 1. The molecule has 0 aliphatic carbocycles. The Kier molecular flexibility index (Phi) is 5.59. The lowest BCUT2D eigenvalue weighted by Crippen LogP contribution is -2.60. The average molecular weight is 336 g/mol. The third-order valence-electron chi connectivity index (χ3n) is 3.93. The number of amides is 1. The van der Waals surface area contributed by atoms with Gasteiger partial charge in [0.15, 0.2) is 0 Å². The van der Waals surface area contributed by atoms with Gasteiger partial charge in [-0.3, -0.25) is 0 Å². The van der Waals surface area contributed by atoms with Crippen molar-refractivity contribution in [2.75, 3.05) is 27.3 Å². The summed E-state index contributed by atoms with van der Waals surface area (Å²) in [4.78, 5) is 13.7. The fraction of sp³-hybridized carbons (Fsp3) is 0.611. The maximum atomic E-state index is 12.0. The first-order chi connectivity index (χ1) is 11.2. The number of carbonyl (C=O) groups is 1. The van der Waals surface area contributed by atoms with Gasteiger partial charge in [0.1, 0.15) is 17.1 Å². The Bertz CT molecular complexity index is 577. The van der Waals surface area contributed by atoms with E-state index >= 15 is 0 Å². The van der Waals surface area contributed by atoms with Gasteiger partial charge >= 0.3 is 6.09 Å². The van der Waals surface area contributed by atoms with Crippen molar-refractivity contribution in [2.45, 2.75) is 45.4 Å². The van der Waals surface area contributed by atoms with Gasteiger partial charge in [0.25, 0.3) is 0 Å². The van der Waals surface area contributed by atoms with Crippen molar-refractivity contribution in [3.05, 3.63) is 23.8 Å². The highest BCUT2D eigenvalue weighted by atomic mass is 16.6. The SMILES string of the molecule is COc1ccc(C(C)NC2CN(C(=O)OC(C)(C)C)C2)c(OC)c1. The van der Waals surface area contributed by atoms with Gasteiger partial charge in [0.05, 0.1) is 14.2 Å². The molecule has 0 saturated carbocycles. The molecule has 1 aliphatic rings. The van der Waals surface area contributed by atoms with E-state index < -0.39 is 5.60 Å².